The number of para-hydroxylation sites is 1. The first-order valence-electron chi connectivity index (χ1n) is 8.08. The van der Waals surface area contributed by atoms with Crippen LogP contribution in [0.25, 0.3) is 0 Å². The maximum Gasteiger partial charge on any atom is 0.342 e. The lowest BCUT2D eigenvalue weighted by Crippen LogP contribution is -2.35. The largest absolute Gasteiger partial charge is 0.496 e. The Morgan fingerprint density at radius 2 is 1.92 bits per heavy atom. The number of hydrogen-bond acceptors (Lipinski definition) is 6. The summed E-state index contributed by atoms with van der Waals surface area (Å²) in [6.45, 7) is 2.00. The van der Waals surface area contributed by atoms with Crippen molar-refractivity contribution in [2.75, 3.05) is 13.9 Å². The number of methoxy groups -OCH3 is 1. The van der Waals surface area contributed by atoms with Crippen LogP contribution >= 0.6 is 0 Å². The van der Waals surface area contributed by atoms with Gasteiger partial charge in [0.1, 0.15) is 11.3 Å². The van der Waals surface area contributed by atoms with Gasteiger partial charge < -0.3 is 24.3 Å². The monoisotopic (exact) mass is 357 g/mol. The van der Waals surface area contributed by atoms with Crippen LogP contribution in [0.15, 0.2) is 42.5 Å². The zero-order valence-corrected chi connectivity index (χ0v) is 14.5. The summed E-state index contributed by atoms with van der Waals surface area (Å²) < 4.78 is 20.9. The lowest BCUT2D eigenvalue weighted by Gasteiger charge is -2.15. The average molecular weight is 357 g/mol. The molecule has 0 saturated heterocycles. The fourth-order valence-corrected chi connectivity index (χ4v) is 2.47. The van der Waals surface area contributed by atoms with Gasteiger partial charge >= 0.3 is 5.97 Å². The normalized spacial score (nSPS) is 13.0. The van der Waals surface area contributed by atoms with Crippen LogP contribution < -0.4 is 19.5 Å². The number of benzene rings is 2. The Hall–Kier alpha value is -3.22. The molecule has 0 aromatic heterocycles. The third-order valence-electron chi connectivity index (χ3n) is 3.88. The van der Waals surface area contributed by atoms with Gasteiger partial charge in [0.25, 0.3) is 5.91 Å². The van der Waals surface area contributed by atoms with Crippen molar-refractivity contribution in [2.45, 2.75) is 19.6 Å². The van der Waals surface area contributed by atoms with E-state index in [9.17, 15) is 9.59 Å². The van der Waals surface area contributed by atoms with E-state index in [0.717, 1.165) is 5.56 Å². The molecule has 0 bridgehead atoms. The molecule has 0 unspecified atom stereocenters. The van der Waals surface area contributed by atoms with E-state index in [1.54, 1.807) is 36.4 Å². The Morgan fingerprint density at radius 1 is 1.15 bits per heavy atom. The van der Waals surface area contributed by atoms with Gasteiger partial charge in [-0.25, -0.2) is 4.79 Å². The van der Waals surface area contributed by atoms with Crippen molar-refractivity contribution in [3.8, 4) is 17.2 Å². The average Bonchev–Trinajstić information content (AvgIpc) is 3.13. The first-order chi connectivity index (χ1) is 12.6. The number of fused-ring (bicyclic) bond motifs is 1. The van der Waals surface area contributed by atoms with E-state index in [1.807, 2.05) is 6.07 Å². The molecule has 1 aliphatic heterocycles. The highest BCUT2D eigenvalue weighted by Crippen LogP contribution is 2.32. The van der Waals surface area contributed by atoms with Crippen LogP contribution in [0.4, 0.5) is 0 Å². The summed E-state index contributed by atoms with van der Waals surface area (Å²) in [4.78, 5) is 24.4. The molecule has 1 atom stereocenters. The molecular weight excluding hydrogens is 338 g/mol. The van der Waals surface area contributed by atoms with Gasteiger partial charge in [-0.3, -0.25) is 4.79 Å². The van der Waals surface area contributed by atoms with Crippen molar-refractivity contribution >= 4 is 11.9 Å². The van der Waals surface area contributed by atoms with E-state index < -0.39 is 18.0 Å². The highest BCUT2D eigenvalue weighted by molar-refractivity contribution is 5.94. The number of nitrogens with one attached hydrogen (secondary N) is 1. The van der Waals surface area contributed by atoms with Crippen LogP contribution in [0, 0.1) is 0 Å². The predicted octanol–water partition coefficient (Wildman–Crippen LogP) is 2.29. The second-order valence-electron chi connectivity index (χ2n) is 5.65. The van der Waals surface area contributed by atoms with E-state index >= 15 is 0 Å². The second-order valence-corrected chi connectivity index (χ2v) is 5.65. The molecule has 7 heteroatoms. The molecule has 0 radical (unpaired) electrons. The van der Waals surface area contributed by atoms with Crippen LogP contribution in [0.5, 0.6) is 17.2 Å². The maximum absolute atomic E-state index is 12.2. The third-order valence-corrected chi connectivity index (χ3v) is 3.88. The van der Waals surface area contributed by atoms with Gasteiger partial charge in [0, 0.05) is 6.54 Å². The molecule has 1 aliphatic rings. The standard InChI is InChI=1S/C19H19NO6/c1-12(26-19(22)14-5-3-4-6-15(14)23-2)18(21)20-10-13-7-8-16-17(9-13)25-11-24-16/h3-9,12H,10-11H2,1-2H3,(H,20,21)/t12-/m1/s1. The summed E-state index contributed by atoms with van der Waals surface area (Å²) in [5.41, 5.74) is 1.12. The molecule has 1 heterocycles. The third kappa shape index (κ3) is 3.88. The number of carbonyl (C=O) groups is 2. The molecule has 3 rings (SSSR count). The molecular formula is C19H19NO6. The van der Waals surface area contributed by atoms with Crippen molar-refractivity contribution in [3.05, 3.63) is 53.6 Å². The number of hydrogen-bond donors (Lipinski definition) is 1. The highest BCUT2D eigenvalue weighted by atomic mass is 16.7. The maximum atomic E-state index is 12.2. The minimum atomic E-state index is -0.943. The van der Waals surface area contributed by atoms with Crippen LogP contribution in [0.1, 0.15) is 22.8 Å². The quantitative estimate of drug-likeness (QED) is 0.799. The number of rotatable bonds is 6. The van der Waals surface area contributed by atoms with Crippen LogP contribution in [0.3, 0.4) is 0 Å². The van der Waals surface area contributed by atoms with Gasteiger partial charge in [0.15, 0.2) is 17.6 Å². The molecule has 7 nitrogen and oxygen atoms in total. The highest BCUT2D eigenvalue weighted by Gasteiger charge is 2.21. The van der Waals surface area contributed by atoms with Gasteiger partial charge in [-0.05, 0) is 36.8 Å². The Labute approximate surface area is 150 Å². The number of ether oxygens (including phenoxy) is 4. The summed E-state index contributed by atoms with van der Waals surface area (Å²) in [5, 5.41) is 2.73. The van der Waals surface area contributed by atoms with Gasteiger partial charge in [-0.2, -0.15) is 0 Å². The van der Waals surface area contributed by atoms with Crippen molar-refractivity contribution in [1.82, 2.24) is 5.32 Å². The fourth-order valence-electron chi connectivity index (χ4n) is 2.47. The molecule has 0 saturated carbocycles. The molecule has 0 fully saturated rings. The topological polar surface area (TPSA) is 83.1 Å². The second kappa shape index (κ2) is 7.77. The summed E-state index contributed by atoms with van der Waals surface area (Å²) in [6.07, 6.45) is -0.943. The van der Waals surface area contributed by atoms with Crippen molar-refractivity contribution < 1.29 is 28.5 Å². The van der Waals surface area contributed by atoms with Crippen molar-refractivity contribution in [2.24, 2.45) is 0 Å². The predicted molar refractivity (Wildman–Crippen MR) is 92.3 cm³/mol. The van der Waals surface area contributed by atoms with E-state index in [1.165, 1.54) is 14.0 Å². The molecule has 2 aromatic rings. The van der Waals surface area contributed by atoms with Crippen molar-refractivity contribution in [3.63, 3.8) is 0 Å². The lowest BCUT2D eigenvalue weighted by molar-refractivity contribution is -0.129. The minimum absolute atomic E-state index is 0.196. The Kier molecular flexibility index (Phi) is 5.26. The molecule has 1 amide bonds. The zero-order valence-electron chi connectivity index (χ0n) is 14.5. The molecule has 26 heavy (non-hydrogen) atoms. The van der Waals surface area contributed by atoms with Crippen LogP contribution in [0.2, 0.25) is 0 Å². The van der Waals surface area contributed by atoms with Gasteiger partial charge in [-0.1, -0.05) is 18.2 Å². The Balaban J connectivity index is 1.55. The molecule has 1 N–H and O–H groups in total. The summed E-state index contributed by atoms with van der Waals surface area (Å²) in [5.74, 6) is 0.705. The Bertz CT molecular complexity index is 819. The minimum Gasteiger partial charge on any atom is -0.496 e. The van der Waals surface area contributed by atoms with Crippen LogP contribution in [-0.2, 0) is 16.1 Å². The Morgan fingerprint density at radius 3 is 2.73 bits per heavy atom. The molecule has 0 aliphatic carbocycles. The molecule has 0 spiro atoms. The molecule has 2 aromatic carbocycles. The van der Waals surface area contributed by atoms with Crippen LogP contribution in [-0.4, -0.2) is 31.9 Å². The van der Waals surface area contributed by atoms with E-state index in [-0.39, 0.29) is 18.9 Å². The smallest absolute Gasteiger partial charge is 0.342 e. The fraction of sp³-hybridized carbons (Fsp3) is 0.263. The summed E-state index contributed by atoms with van der Waals surface area (Å²) >= 11 is 0. The van der Waals surface area contributed by atoms with E-state index in [4.69, 9.17) is 18.9 Å². The van der Waals surface area contributed by atoms with E-state index in [0.29, 0.717) is 17.2 Å². The van der Waals surface area contributed by atoms with Crippen molar-refractivity contribution in [1.29, 1.82) is 0 Å². The number of esters is 1. The lowest BCUT2D eigenvalue weighted by atomic mass is 10.2. The van der Waals surface area contributed by atoms with Gasteiger partial charge in [0.05, 0.1) is 7.11 Å². The molecule has 136 valence electrons. The summed E-state index contributed by atoms with van der Waals surface area (Å²) in [7, 11) is 1.47. The SMILES string of the molecule is COc1ccccc1C(=O)O[C@H](C)C(=O)NCc1ccc2c(c1)OCO2. The zero-order chi connectivity index (χ0) is 18.5. The number of carbonyl (C=O) groups excluding carboxylic acids is 2. The first-order valence-corrected chi connectivity index (χ1v) is 8.08. The van der Waals surface area contributed by atoms with Gasteiger partial charge in [-0.15, -0.1) is 0 Å². The number of amides is 1. The summed E-state index contributed by atoms with van der Waals surface area (Å²) in [6, 6.07) is 12.1. The first kappa shape index (κ1) is 17.6. The van der Waals surface area contributed by atoms with E-state index in [2.05, 4.69) is 5.32 Å². The van der Waals surface area contributed by atoms with Gasteiger partial charge in [0.2, 0.25) is 6.79 Å².